The van der Waals surface area contributed by atoms with Crippen LogP contribution in [0.1, 0.15) is 48.6 Å². The van der Waals surface area contributed by atoms with Crippen molar-refractivity contribution >= 4 is 0 Å². The van der Waals surface area contributed by atoms with E-state index in [1.54, 1.807) is 6.92 Å². The van der Waals surface area contributed by atoms with Crippen molar-refractivity contribution < 1.29 is 9.26 Å². The van der Waals surface area contributed by atoms with Gasteiger partial charge in [0, 0.05) is 13.0 Å². The molecule has 0 amide bonds. The van der Waals surface area contributed by atoms with Crippen molar-refractivity contribution in [1.29, 1.82) is 0 Å². The van der Waals surface area contributed by atoms with E-state index in [0.29, 0.717) is 24.4 Å². The Morgan fingerprint density at radius 3 is 3.10 bits per heavy atom. The van der Waals surface area contributed by atoms with Crippen LogP contribution in [0.4, 0.5) is 0 Å². The quantitative estimate of drug-likeness (QED) is 0.916. The van der Waals surface area contributed by atoms with E-state index in [1.807, 2.05) is 6.07 Å². The third-order valence-corrected chi connectivity index (χ3v) is 3.82. The highest BCUT2D eigenvalue weighted by Crippen LogP contribution is 2.32. The lowest BCUT2D eigenvalue weighted by atomic mass is 9.87. The van der Waals surface area contributed by atoms with Gasteiger partial charge in [-0.3, -0.25) is 0 Å². The molecule has 0 radical (unpaired) electrons. The molecule has 1 atom stereocenters. The van der Waals surface area contributed by atoms with Crippen LogP contribution in [-0.2, 0) is 13.0 Å². The first-order valence-corrected chi connectivity index (χ1v) is 7.54. The fourth-order valence-electron chi connectivity index (χ4n) is 2.87. The molecule has 1 aliphatic rings. The molecule has 3 rings (SSSR count). The number of hydrogen-bond acceptors (Lipinski definition) is 5. The number of hydrogen-bond donors (Lipinski definition) is 1. The Balaban J connectivity index is 1.73. The van der Waals surface area contributed by atoms with Crippen molar-refractivity contribution in [3.63, 3.8) is 0 Å². The van der Waals surface area contributed by atoms with E-state index in [4.69, 9.17) is 9.26 Å². The van der Waals surface area contributed by atoms with Crippen LogP contribution in [0.3, 0.4) is 0 Å². The summed E-state index contributed by atoms with van der Waals surface area (Å²) in [5.41, 5.74) is 2.79. The largest absolute Gasteiger partial charge is 0.485 e. The standard InChI is InChI=1S/C16H21N3O2/c1-3-17-15-6-4-5-12-7-8-13(9-14(12)15)20-10-16-18-11(2)21-19-16/h7-9,15,17H,3-6,10H2,1-2H3. The summed E-state index contributed by atoms with van der Waals surface area (Å²) in [7, 11) is 0. The molecule has 1 heterocycles. The first-order chi connectivity index (χ1) is 10.3. The zero-order valence-electron chi connectivity index (χ0n) is 12.6. The average Bonchev–Trinajstić information content (AvgIpc) is 2.91. The molecule has 1 unspecified atom stereocenters. The van der Waals surface area contributed by atoms with Crippen LogP contribution in [-0.4, -0.2) is 16.7 Å². The van der Waals surface area contributed by atoms with Crippen molar-refractivity contribution in [1.82, 2.24) is 15.5 Å². The minimum absolute atomic E-state index is 0.335. The monoisotopic (exact) mass is 287 g/mol. The Hall–Kier alpha value is -1.88. The van der Waals surface area contributed by atoms with Gasteiger partial charge in [-0.2, -0.15) is 4.98 Å². The highest BCUT2D eigenvalue weighted by atomic mass is 16.5. The van der Waals surface area contributed by atoms with Crippen LogP contribution in [0.25, 0.3) is 0 Å². The number of nitrogens with zero attached hydrogens (tertiary/aromatic N) is 2. The van der Waals surface area contributed by atoms with Crippen molar-refractivity contribution in [2.45, 2.75) is 45.8 Å². The number of benzene rings is 1. The molecule has 1 aromatic heterocycles. The Kier molecular flexibility index (Phi) is 4.20. The molecule has 5 nitrogen and oxygen atoms in total. The Morgan fingerprint density at radius 1 is 1.43 bits per heavy atom. The summed E-state index contributed by atoms with van der Waals surface area (Å²) < 4.78 is 10.7. The maximum atomic E-state index is 5.79. The maximum Gasteiger partial charge on any atom is 0.223 e. The minimum Gasteiger partial charge on any atom is -0.485 e. The van der Waals surface area contributed by atoms with Crippen molar-refractivity contribution in [2.24, 2.45) is 0 Å². The second-order valence-corrected chi connectivity index (χ2v) is 5.38. The third kappa shape index (κ3) is 3.24. The molecule has 0 bridgehead atoms. The number of fused-ring (bicyclic) bond motifs is 1. The summed E-state index contributed by atoms with van der Waals surface area (Å²) in [6.45, 7) is 5.24. The second-order valence-electron chi connectivity index (χ2n) is 5.38. The van der Waals surface area contributed by atoms with Crippen molar-refractivity contribution in [3.8, 4) is 5.75 Å². The molecule has 0 saturated heterocycles. The predicted molar refractivity (Wildman–Crippen MR) is 79.2 cm³/mol. The number of aryl methyl sites for hydroxylation is 2. The second kappa shape index (κ2) is 6.26. The van der Waals surface area contributed by atoms with Crippen LogP contribution in [0.15, 0.2) is 22.7 Å². The van der Waals surface area contributed by atoms with Gasteiger partial charge in [-0.25, -0.2) is 0 Å². The summed E-state index contributed by atoms with van der Waals surface area (Å²) >= 11 is 0. The zero-order chi connectivity index (χ0) is 14.7. The van der Waals surface area contributed by atoms with Gasteiger partial charge in [0.15, 0.2) is 6.61 Å². The summed E-state index contributed by atoms with van der Waals surface area (Å²) in [6.07, 6.45) is 3.59. The molecule has 1 aromatic carbocycles. The van der Waals surface area contributed by atoms with Gasteiger partial charge in [-0.05, 0) is 49.1 Å². The van der Waals surface area contributed by atoms with Gasteiger partial charge in [0.2, 0.25) is 11.7 Å². The lowest BCUT2D eigenvalue weighted by Crippen LogP contribution is -2.24. The molecule has 1 aliphatic carbocycles. The predicted octanol–water partition coefficient (Wildman–Crippen LogP) is 2.94. The molecule has 0 fully saturated rings. The number of aromatic nitrogens is 2. The van der Waals surface area contributed by atoms with Gasteiger partial charge in [0.25, 0.3) is 0 Å². The van der Waals surface area contributed by atoms with Crippen LogP contribution in [0.2, 0.25) is 0 Å². The fraction of sp³-hybridized carbons (Fsp3) is 0.500. The molecule has 0 spiro atoms. The topological polar surface area (TPSA) is 60.2 Å². The van der Waals surface area contributed by atoms with E-state index in [1.165, 1.54) is 24.0 Å². The number of nitrogens with one attached hydrogen (secondary N) is 1. The maximum absolute atomic E-state index is 5.79. The normalized spacial score (nSPS) is 17.5. The third-order valence-electron chi connectivity index (χ3n) is 3.82. The van der Waals surface area contributed by atoms with E-state index in [2.05, 4.69) is 34.5 Å². The van der Waals surface area contributed by atoms with Gasteiger partial charge < -0.3 is 14.6 Å². The van der Waals surface area contributed by atoms with E-state index in [9.17, 15) is 0 Å². The molecular formula is C16H21N3O2. The highest BCUT2D eigenvalue weighted by molar-refractivity contribution is 5.39. The van der Waals surface area contributed by atoms with Gasteiger partial charge >= 0.3 is 0 Å². The molecule has 0 aliphatic heterocycles. The molecule has 2 aromatic rings. The number of rotatable bonds is 5. The fourth-order valence-corrected chi connectivity index (χ4v) is 2.87. The Morgan fingerprint density at radius 2 is 2.33 bits per heavy atom. The van der Waals surface area contributed by atoms with Gasteiger partial charge in [0.1, 0.15) is 5.75 Å². The number of ether oxygens (including phenoxy) is 1. The van der Waals surface area contributed by atoms with Crippen LogP contribution in [0, 0.1) is 6.92 Å². The van der Waals surface area contributed by atoms with Crippen LogP contribution < -0.4 is 10.1 Å². The molecule has 21 heavy (non-hydrogen) atoms. The lowest BCUT2D eigenvalue weighted by Gasteiger charge is -2.26. The van der Waals surface area contributed by atoms with Gasteiger partial charge in [-0.1, -0.05) is 18.1 Å². The van der Waals surface area contributed by atoms with E-state index < -0.39 is 0 Å². The van der Waals surface area contributed by atoms with Gasteiger partial charge in [-0.15, -0.1) is 0 Å². The first-order valence-electron chi connectivity index (χ1n) is 7.54. The molecule has 112 valence electrons. The minimum atomic E-state index is 0.335. The summed E-state index contributed by atoms with van der Waals surface area (Å²) in [5, 5.41) is 7.39. The van der Waals surface area contributed by atoms with Gasteiger partial charge in [0.05, 0.1) is 0 Å². The summed E-state index contributed by atoms with van der Waals surface area (Å²) in [5.74, 6) is 2.00. The average molecular weight is 287 g/mol. The summed E-state index contributed by atoms with van der Waals surface area (Å²) in [4.78, 5) is 4.14. The molecule has 5 heteroatoms. The molecule has 0 saturated carbocycles. The first kappa shape index (κ1) is 14.1. The highest BCUT2D eigenvalue weighted by Gasteiger charge is 2.19. The lowest BCUT2D eigenvalue weighted by molar-refractivity contribution is 0.284. The zero-order valence-corrected chi connectivity index (χ0v) is 12.6. The molecular weight excluding hydrogens is 266 g/mol. The summed E-state index contributed by atoms with van der Waals surface area (Å²) in [6, 6.07) is 6.79. The SMILES string of the molecule is CCNC1CCCc2ccc(OCc3noc(C)n3)cc21. The van der Waals surface area contributed by atoms with E-state index >= 15 is 0 Å². The van der Waals surface area contributed by atoms with Crippen molar-refractivity contribution in [3.05, 3.63) is 41.0 Å². The van der Waals surface area contributed by atoms with E-state index in [0.717, 1.165) is 18.7 Å². The van der Waals surface area contributed by atoms with Crippen LogP contribution in [0.5, 0.6) is 5.75 Å². The van der Waals surface area contributed by atoms with Crippen molar-refractivity contribution in [2.75, 3.05) is 6.54 Å². The van der Waals surface area contributed by atoms with Crippen LogP contribution >= 0.6 is 0 Å². The molecule has 1 N–H and O–H groups in total. The smallest absolute Gasteiger partial charge is 0.223 e. The Bertz CT molecular complexity index is 609. The Labute approximate surface area is 124 Å². The van der Waals surface area contributed by atoms with E-state index in [-0.39, 0.29) is 0 Å².